The van der Waals surface area contributed by atoms with Crippen LogP contribution in [0.3, 0.4) is 0 Å². The lowest BCUT2D eigenvalue weighted by Gasteiger charge is -2.35. The molecule has 3 amide bonds. The summed E-state index contributed by atoms with van der Waals surface area (Å²) in [5.41, 5.74) is 3.61. The van der Waals surface area contributed by atoms with Crippen molar-refractivity contribution in [1.82, 2.24) is 25.9 Å². The van der Waals surface area contributed by atoms with Crippen molar-refractivity contribution in [2.45, 2.75) is 73.2 Å². The van der Waals surface area contributed by atoms with Crippen molar-refractivity contribution in [3.8, 4) is 0 Å². The number of carbonyl (C=O) groups is 2. The number of aromatic nitrogens is 2. The quantitative estimate of drug-likeness (QED) is 0.619. The summed E-state index contributed by atoms with van der Waals surface area (Å²) in [5, 5.41) is 10.0. The summed E-state index contributed by atoms with van der Waals surface area (Å²) in [6, 6.07) is 5.37. The molecule has 0 bridgehead atoms. The molecule has 2 fully saturated rings. The van der Waals surface area contributed by atoms with Crippen LogP contribution in [0.15, 0.2) is 35.6 Å². The van der Waals surface area contributed by atoms with E-state index in [9.17, 15) is 9.59 Å². The monoisotopic (exact) mass is 478 g/mol. The smallest absolute Gasteiger partial charge is 0.327 e. The molecular weight excluding hydrogens is 448 g/mol. The Hall–Kier alpha value is -2.65. The van der Waals surface area contributed by atoms with Crippen molar-refractivity contribution in [1.29, 1.82) is 0 Å². The van der Waals surface area contributed by atoms with E-state index in [1.54, 1.807) is 11.1 Å². The molecule has 3 aliphatic heterocycles. The minimum Gasteiger partial charge on any atom is -0.351 e. The van der Waals surface area contributed by atoms with Gasteiger partial charge in [0, 0.05) is 42.2 Å². The summed E-state index contributed by atoms with van der Waals surface area (Å²) in [6.07, 6.45) is 11.6. The van der Waals surface area contributed by atoms with Gasteiger partial charge in [-0.1, -0.05) is 31.0 Å². The van der Waals surface area contributed by atoms with Gasteiger partial charge in [0.15, 0.2) is 0 Å². The molecule has 3 atom stereocenters. The summed E-state index contributed by atoms with van der Waals surface area (Å²) in [5.74, 6) is 0.417. The highest BCUT2D eigenvalue weighted by molar-refractivity contribution is 8.01. The van der Waals surface area contributed by atoms with Gasteiger partial charge in [-0.3, -0.25) is 14.7 Å². The molecule has 9 heteroatoms. The molecule has 0 aromatic carbocycles. The first-order valence-corrected chi connectivity index (χ1v) is 13.3. The van der Waals surface area contributed by atoms with Gasteiger partial charge in [-0.25, -0.2) is 9.78 Å². The third-order valence-corrected chi connectivity index (χ3v) is 8.74. The van der Waals surface area contributed by atoms with Crippen molar-refractivity contribution in [3.63, 3.8) is 0 Å². The fraction of sp³-hybridized carbons (Fsp3) is 0.520. The highest BCUT2D eigenvalue weighted by atomic mass is 32.2. The third-order valence-electron chi connectivity index (χ3n) is 7.45. The molecule has 1 saturated carbocycles. The van der Waals surface area contributed by atoms with E-state index in [1.165, 1.54) is 31.0 Å². The molecule has 4 aliphatic rings. The highest BCUT2D eigenvalue weighted by Crippen LogP contribution is 2.50. The number of nitrogens with zero attached hydrogens (tertiary/aromatic N) is 3. The summed E-state index contributed by atoms with van der Waals surface area (Å²) in [4.78, 5) is 37.5. The predicted octanol–water partition coefficient (Wildman–Crippen LogP) is 3.77. The molecule has 178 valence electrons. The summed E-state index contributed by atoms with van der Waals surface area (Å²) < 4.78 is 0. The second-order valence-electron chi connectivity index (χ2n) is 9.68. The van der Waals surface area contributed by atoms with Gasteiger partial charge >= 0.3 is 6.03 Å². The van der Waals surface area contributed by atoms with Crippen LogP contribution in [0.25, 0.3) is 0 Å². The van der Waals surface area contributed by atoms with E-state index in [1.807, 2.05) is 18.3 Å². The fourth-order valence-corrected chi connectivity index (χ4v) is 6.97. The lowest BCUT2D eigenvalue weighted by Crippen LogP contribution is -2.52. The Morgan fingerprint density at radius 3 is 2.76 bits per heavy atom. The van der Waals surface area contributed by atoms with E-state index in [2.05, 4.69) is 32.0 Å². The number of carbonyl (C=O) groups excluding carboxylic acids is 2. The second-order valence-corrected chi connectivity index (χ2v) is 10.8. The number of urea groups is 1. The van der Waals surface area contributed by atoms with E-state index in [0.717, 1.165) is 66.4 Å². The average molecular weight is 479 g/mol. The number of rotatable bonds is 4. The Labute approximate surface area is 203 Å². The largest absolute Gasteiger partial charge is 0.351 e. The SMILES string of the molecule is O=C(NC1CCCNC1)[C@@H]1Sc2nccc3c2C1NC(=O)N3c1ccnc(C2CCCCC2)c1. The van der Waals surface area contributed by atoms with Crippen molar-refractivity contribution in [2.24, 2.45) is 0 Å². The Kier molecular flexibility index (Phi) is 5.90. The molecule has 1 aliphatic carbocycles. The van der Waals surface area contributed by atoms with Crippen LogP contribution in [-0.2, 0) is 4.79 Å². The highest BCUT2D eigenvalue weighted by Gasteiger charge is 2.47. The second kappa shape index (κ2) is 9.19. The number of thioether (sulfide) groups is 1. The molecule has 2 aromatic heterocycles. The number of hydrogen-bond acceptors (Lipinski definition) is 6. The van der Waals surface area contributed by atoms with Gasteiger partial charge in [0.2, 0.25) is 5.91 Å². The van der Waals surface area contributed by atoms with Gasteiger partial charge in [-0.05, 0) is 50.4 Å². The standard InChI is InChI=1S/C25H30N6O2S/c32-23(29-16-7-4-10-26-14-16)22-21-20-19(9-12-28-24(20)34-22)31(25(33)30-21)17-8-11-27-18(13-17)15-5-2-1-3-6-15/h8-9,11-13,15-16,21-22,26H,1-7,10,14H2,(H,29,32)(H,30,33)/t16?,21?,22-/m1/s1. The third kappa shape index (κ3) is 3.94. The van der Waals surface area contributed by atoms with Crippen LogP contribution in [-0.4, -0.2) is 46.3 Å². The van der Waals surface area contributed by atoms with E-state index in [4.69, 9.17) is 0 Å². The van der Waals surface area contributed by atoms with Gasteiger partial charge < -0.3 is 16.0 Å². The van der Waals surface area contributed by atoms with Crippen LogP contribution in [0.2, 0.25) is 0 Å². The van der Waals surface area contributed by atoms with Gasteiger partial charge in [0.25, 0.3) is 0 Å². The minimum atomic E-state index is -0.424. The molecular formula is C25H30N6O2S. The Morgan fingerprint density at radius 1 is 1.09 bits per heavy atom. The Balaban J connectivity index is 1.29. The zero-order chi connectivity index (χ0) is 23.1. The van der Waals surface area contributed by atoms with Crippen molar-refractivity contribution >= 4 is 35.1 Å². The van der Waals surface area contributed by atoms with Gasteiger partial charge in [0.1, 0.15) is 10.3 Å². The van der Waals surface area contributed by atoms with Crippen LogP contribution in [0, 0.1) is 0 Å². The van der Waals surface area contributed by atoms with Crippen LogP contribution in [0.4, 0.5) is 16.2 Å². The molecule has 5 heterocycles. The number of hydrogen-bond donors (Lipinski definition) is 3. The molecule has 0 spiro atoms. The lowest BCUT2D eigenvalue weighted by molar-refractivity contribution is -0.121. The van der Waals surface area contributed by atoms with Crippen molar-refractivity contribution in [2.75, 3.05) is 18.0 Å². The minimum absolute atomic E-state index is 0.0371. The maximum atomic E-state index is 13.4. The Morgan fingerprint density at radius 2 is 1.94 bits per heavy atom. The maximum absolute atomic E-state index is 13.4. The van der Waals surface area contributed by atoms with Crippen LogP contribution in [0.1, 0.15) is 68.2 Å². The summed E-state index contributed by atoms with van der Waals surface area (Å²) in [6.45, 7) is 1.78. The molecule has 2 unspecified atom stereocenters. The number of anilines is 2. The molecule has 2 aromatic rings. The molecule has 34 heavy (non-hydrogen) atoms. The van der Waals surface area contributed by atoms with E-state index < -0.39 is 5.25 Å². The van der Waals surface area contributed by atoms with Crippen molar-refractivity contribution in [3.05, 3.63) is 41.9 Å². The molecule has 0 radical (unpaired) electrons. The van der Waals surface area contributed by atoms with Crippen LogP contribution in [0.5, 0.6) is 0 Å². The zero-order valence-electron chi connectivity index (χ0n) is 19.1. The number of piperidine rings is 1. The fourth-order valence-electron chi connectivity index (χ4n) is 5.74. The van der Waals surface area contributed by atoms with E-state index in [-0.39, 0.29) is 24.0 Å². The van der Waals surface area contributed by atoms with Crippen LogP contribution < -0.4 is 20.9 Å². The first-order valence-electron chi connectivity index (χ1n) is 12.4. The maximum Gasteiger partial charge on any atom is 0.327 e. The first-order chi connectivity index (χ1) is 16.7. The van der Waals surface area contributed by atoms with Gasteiger partial charge in [-0.15, -0.1) is 0 Å². The molecule has 1 saturated heterocycles. The van der Waals surface area contributed by atoms with E-state index in [0.29, 0.717) is 5.92 Å². The normalized spacial score (nSPS) is 26.6. The topological polar surface area (TPSA) is 99.2 Å². The number of nitrogens with one attached hydrogen (secondary N) is 3. The summed E-state index contributed by atoms with van der Waals surface area (Å²) >= 11 is 1.45. The zero-order valence-corrected chi connectivity index (χ0v) is 19.9. The molecule has 6 rings (SSSR count). The number of amides is 3. The van der Waals surface area contributed by atoms with Gasteiger partial charge in [-0.2, -0.15) is 0 Å². The molecule has 3 N–H and O–H groups in total. The van der Waals surface area contributed by atoms with E-state index >= 15 is 0 Å². The van der Waals surface area contributed by atoms with Gasteiger partial charge in [0.05, 0.1) is 17.4 Å². The lowest BCUT2D eigenvalue weighted by atomic mass is 9.86. The molecule has 8 nitrogen and oxygen atoms in total. The first kappa shape index (κ1) is 21.9. The van der Waals surface area contributed by atoms with Crippen LogP contribution >= 0.6 is 11.8 Å². The van der Waals surface area contributed by atoms with Crippen molar-refractivity contribution < 1.29 is 9.59 Å². The predicted molar refractivity (Wildman–Crippen MR) is 131 cm³/mol. The average Bonchev–Trinajstić information content (AvgIpc) is 3.25. The Bertz CT molecular complexity index is 1100. The summed E-state index contributed by atoms with van der Waals surface area (Å²) in [7, 11) is 0. The number of pyridine rings is 2.